The van der Waals surface area contributed by atoms with Crippen LogP contribution in [0.5, 0.6) is 0 Å². The Morgan fingerprint density at radius 1 is 1.08 bits per heavy atom. The molecule has 0 radical (unpaired) electrons. The van der Waals surface area contributed by atoms with E-state index in [0.29, 0.717) is 12.5 Å². The van der Waals surface area contributed by atoms with E-state index in [1.54, 1.807) is 19.2 Å². The van der Waals surface area contributed by atoms with Crippen LogP contribution in [0.3, 0.4) is 0 Å². The van der Waals surface area contributed by atoms with Gasteiger partial charge in [0, 0.05) is 32.3 Å². The Balaban J connectivity index is 0.00000288. The van der Waals surface area contributed by atoms with Gasteiger partial charge in [-0.1, -0.05) is 42.5 Å². The number of nitro benzene ring substituents is 1. The van der Waals surface area contributed by atoms with E-state index < -0.39 is 4.92 Å². The van der Waals surface area contributed by atoms with Crippen LogP contribution in [0.4, 0.5) is 5.69 Å². The lowest BCUT2D eigenvalue weighted by atomic mass is 10.1. The second-order valence-electron chi connectivity index (χ2n) is 5.02. The molecular formula is C17H21IN4O2. The Morgan fingerprint density at radius 3 is 2.46 bits per heavy atom. The summed E-state index contributed by atoms with van der Waals surface area (Å²) in [7, 11) is 1.70. The van der Waals surface area contributed by atoms with E-state index in [1.807, 2.05) is 24.3 Å². The van der Waals surface area contributed by atoms with Crippen molar-refractivity contribution in [1.82, 2.24) is 10.6 Å². The number of nitro groups is 1. The number of hydrogen-bond donors (Lipinski definition) is 2. The first-order valence-electron chi connectivity index (χ1n) is 7.41. The van der Waals surface area contributed by atoms with Gasteiger partial charge in [0.2, 0.25) is 0 Å². The Hall–Kier alpha value is -2.16. The van der Waals surface area contributed by atoms with Crippen molar-refractivity contribution < 1.29 is 4.92 Å². The minimum Gasteiger partial charge on any atom is -0.356 e. The summed E-state index contributed by atoms with van der Waals surface area (Å²) in [5.41, 5.74) is 2.19. The van der Waals surface area contributed by atoms with Gasteiger partial charge in [-0.05, 0) is 17.5 Å². The van der Waals surface area contributed by atoms with Gasteiger partial charge in [-0.25, -0.2) is 0 Å². The maximum atomic E-state index is 10.8. The summed E-state index contributed by atoms with van der Waals surface area (Å²) < 4.78 is 0. The van der Waals surface area contributed by atoms with Crippen LogP contribution in [-0.4, -0.2) is 24.5 Å². The highest BCUT2D eigenvalue weighted by atomic mass is 127. The van der Waals surface area contributed by atoms with E-state index in [4.69, 9.17) is 0 Å². The summed E-state index contributed by atoms with van der Waals surface area (Å²) in [5, 5.41) is 17.2. The van der Waals surface area contributed by atoms with Crippen molar-refractivity contribution in [2.75, 3.05) is 13.6 Å². The Morgan fingerprint density at radius 2 is 1.79 bits per heavy atom. The zero-order chi connectivity index (χ0) is 16.5. The van der Waals surface area contributed by atoms with E-state index in [-0.39, 0.29) is 29.7 Å². The maximum Gasteiger partial charge on any atom is 0.269 e. The zero-order valence-electron chi connectivity index (χ0n) is 13.4. The molecule has 0 saturated carbocycles. The van der Waals surface area contributed by atoms with Crippen LogP contribution in [0.15, 0.2) is 59.6 Å². The molecule has 0 unspecified atom stereocenters. The summed E-state index contributed by atoms with van der Waals surface area (Å²) >= 11 is 0. The molecule has 2 rings (SSSR count). The van der Waals surface area contributed by atoms with Gasteiger partial charge in [0.25, 0.3) is 5.69 Å². The van der Waals surface area contributed by atoms with Crippen LogP contribution in [0, 0.1) is 10.1 Å². The third-order valence-electron chi connectivity index (χ3n) is 3.35. The number of nitrogens with one attached hydrogen (secondary N) is 2. The highest BCUT2D eigenvalue weighted by Gasteiger charge is 2.06. The highest BCUT2D eigenvalue weighted by Crippen LogP contribution is 2.12. The molecule has 0 saturated heterocycles. The molecule has 0 aliphatic rings. The second-order valence-corrected chi connectivity index (χ2v) is 5.02. The molecule has 0 aromatic heterocycles. The third-order valence-corrected chi connectivity index (χ3v) is 3.35. The standard InChI is InChI=1S/C17H20N4O2.HI/c1-18-17(19-11-10-14-6-3-2-4-7-14)20-13-15-8-5-9-16(12-15)21(22)23;/h2-9,12H,10-11,13H2,1H3,(H2,18,19,20);1H. The largest absolute Gasteiger partial charge is 0.356 e. The van der Waals surface area contributed by atoms with Crippen molar-refractivity contribution >= 4 is 35.6 Å². The molecule has 2 aromatic rings. The summed E-state index contributed by atoms with van der Waals surface area (Å²) in [6.07, 6.45) is 0.901. The molecule has 0 spiro atoms. The van der Waals surface area contributed by atoms with E-state index in [9.17, 15) is 10.1 Å². The van der Waals surface area contributed by atoms with Crippen LogP contribution in [0.1, 0.15) is 11.1 Å². The maximum absolute atomic E-state index is 10.8. The van der Waals surface area contributed by atoms with E-state index in [1.165, 1.54) is 11.6 Å². The Bertz CT molecular complexity index is 677. The molecule has 0 atom stereocenters. The molecule has 0 fully saturated rings. The smallest absolute Gasteiger partial charge is 0.269 e. The molecule has 0 aliphatic heterocycles. The zero-order valence-corrected chi connectivity index (χ0v) is 15.8. The number of guanidine groups is 1. The van der Waals surface area contributed by atoms with Gasteiger partial charge in [-0.2, -0.15) is 0 Å². The van der Waals surface area contributed by atoms with Crippen LogP contribution in [0.2, 0.25) is 0 Å². The summed E-state index contributed by atoms with van der Waals surface area (Å²) in [6.45, 7) is 1.24. The topological polar surface area (TPSA) is 79.6 Å². The summed E-state index contributed by atoms with van der Waals surface area (Å²) in [4.78, 5) is 14.5. The number of rotatable bonds is 6. The SMILES string of the molecule is CN=C(NCCc1ccccc1)NCc1cccc([N+](=O)[O-])c1.I. The molecule has 128 valence electrons. The van der Waals surface area contributed by atoms with E-state index >= 15 is 0 Å². The summed E-state index contributed by atoms with van der Waals surface area (Å²) in [6, 6.07) is 16.8. The van der Waals surface area contributed by atoms with Crippen molar-refractivity contribution in [1.29, 1.82) is 0 Å². The molecule has 2 aromatic carbocycles. The summed E-state index contributed by atoms with van der Waals surface area (Å²) in [5.74, 6) is 0.674. The monoisotopic (exact) mass is 440 g/mol. The van der Waals surface area contributed by atoms with Crippen LogP contribution in [-0.2, 0) is 13.0 Å². The number of non-ortho nitro benzene ring substituents is 1. The minimum atomic E-state index is -0.392. The van der Waals surface area contributed by atoms with E-state index in [0.717, 1.165) is 18.5 Å². The Kier molecular flexibility index (Phi) is 8.77. The molecule has 24 heavy (non-hydrogen) atoms. The van der Waals surface area contributed by atoms with Gasteiger partial charge in [0.1, 0.15) is 0 Å². The van der Waals surface area contributed by atoms with Crippen molar-refractivity contribution in [2.24, 2.45) is 4.99 Å². The van der Waals surface area contributed by atoms with Gasteiger partial charge in [0.15, 0.2) is 5.96 Å². The van der Waals surface area contributed by atoms with E-state index in [2.05, 4.69) is 27.8 Å². The molecule has 0 heterocycles. The van der Waals surface area contributed by atoms with Gasteiger partial charge in [-0.3, -0.25) is 15.1 Å². The fourth-order valence-electron chi connectivity index (χ4n) is 2.16. The number of hydrogen-bond acceptors (Lipinski definition) is 3. The lowest BCUT2D eigenvalue weighted by Crippen LogP contribution is -2.37. The van der Waals surface area contributed by atoms with Crippen LogP contribution in [0.25, 0.3) is 0 Å². The number of aliphatic imine (C=N–C) groups is 1. The predicted molar refractivity (Wildman–Crippen MR) is 107 cm³/mol. The second kappa shape index (κ2) is 10.6. The minimum absolute atomic E-state index is 0. The van der Waals surface area contributed by atoms with Crippen molar-refractivity contribution in [3.8, 4) is 0 Å². The van der Waals surface area contributed by atoms with Gasteiger partial charge < -0.3 is 10.6 Å². The Labute approximate surface area is 158 Å². The third kappa shape index (κ3) is 6.53. The van der Waals surface area contributed by atoms with Crippen LogP contribution < -0.4 is 10.6 Å². The lowest BCUT2D eigenvalue weighted by molar-refractivity contribution is -0.384. The van der Waals surface area contributed by atoms with Gasteiger partial charge in [0.05, 0.1) is 4.92 Å². The fourth-order valence-corrected chi connectivity index (χ4v) is 2.16. The molecule has 2 N–H and O–H groups in total. The quantitative estimate of drug-likeness (QED) is 0.238. The van der Waals surface area contributed by atoms with Crippen LogP contribution >= 0.6 is 24.0 Å². The molecule has 7 heteroatoms. The molecule has 6 nitrogen and oxygen atoms in total. The number of benzene rings is 2. The molecule has 0 bridgehead atoms. The lowest BCUT2D eigenvalue weighted by Gasteiger charge is -2.12. The van der Waals surface area contributed by atoms with Gasteiger partial charge >= 0.3 is 0 Å². The first-order valence-corrected chi connectivity index (χ1v) is 7.41. The first-order chi connectivity index (χ1) is 11.2. The highest BCUT2D eigenvalue weighted by molar-refractivity contribution is 14.0. The van der Waals surface area contributed by atoms with Gasteiger partial charge in [-0.15, -0.1) is 24.0 Å². The molecule has 0 aliphatic carbocycles. The first kappa shape index (κ1) is 19.9. The molecule has 0 amide bonds. The number of nitrogens with zero attached hydrogens (tertiary/aromatic N) is 2. The normalized spacial score (nSPS) is 10.6. The average Bonchev–Trinajstić information content (AvgIpc) is 2.59. The van der Waals surface area contributed by atoms with Crippen molar-refractivity contribution in [3.63, 3.8) is 0 Å². The van der Waals surface area contributed by atoms with Crippen molar-refractivity contribution in [3.05, 3.63) is 75.8 Å². The molecular weight excluding hydrogens is 419 g/mol. The average molecular weight is 440 g/mol. The number of halogens is 1. The fraction of sp³-hybridized carbons (Fsp3) is 0.235. The van der Waals surface area contributed by atoms with Crippen molar-refractivity contribution in [2.45, 2.75) is 13.0 Å². The predicted octanol–water partition coefficient (Wildman–Crippen LogP) is 3.12.